The van der Waals surface area contributed by atoms with Crippen molar-refractivity contribution < 1.29 is 32.2 Å². The van der Waals surface area contributed by atoms with Gasteiger partial charge in [-0.25, -0.2) is 4.79 Å². The maximum Gasteiger partial charge on any atom is 0.416 e. The number of esters is 1. The third kappa shape index (κ3) is 9.00. The summed E-state index contributed by atoms with van der Waals surface area (Å²) in [4.78, 5) is 29.4. The first-order chi connectivity index (χ1) is 18.7. The Labute approximate surface area is 243 Å². The summed E-state index contributed by atoms with van der Waals surface area (Å²) in [6, 6.07) is 3.87. The van der Waals surface area contributed by atoms with E-state index in [-0.39, 0.29) is 17.6 Å². The van der Waals surface area contributed by atoms with Crippen LogP contribution in [-0.4, -0.2) is 64.8 Å². The van der Waals surface area contributed by atoms with Gasteiger partial charge in [0.05, 0.1) is 11.0 Å². The zero-order chi connectivity index (χ0) is 30.9. The number of carbonyl (C=O) groups is 2. The van der Waals surface area contributed by atoms with Gasteiger partial charge in [0.1, 0.15) is 11.2 Å². The van der Waals surface area contributed by atoms with Crippen LogP contribution in [0.15, 0.2) is 18.2 Å². The average Bonchev–Trinajstić information content (AvgIpc) is 3.18. The minimum absolute atomic E-state index is 0.100. The van der Waals surface area contributed by atoms with Crippen molar-refractivity contribution in [1.29, 1.82) is 0 Å². The number of hydrogen-bond acceptors (Lipinski definition) is 6. The van der Waals surface area contributed by atoms with Crippen LogP contribution in [0.2, 0.25) is 0 Å². The van der Waals surface area contributed by atoms with E-state index < -0.39 is 28.4 Å². The lowest BCUT2D eigenvalue weighted by Crippen LogP contribution is -2.53. The summed E-state index contributed by atoms with van der Waals surface area (Å²) >= 11 is 0. The fourth-order valence-corrected chi connectivity index (χ4v) is 5.53. The number of hydrogen-bond donors (Lipinski definition) is 1. The van der Waals surface area contributed by atoms with Crippen molar-refractivity contribution in [3.05, 3.63) is 29.3 Å². The van der Waals surface area contributed by atoms with Gasteiger partial charge in [-0.15, -0.1) is 0 Å². The van der Waals surface area contributed by atoms with Crippen molar-refractivity contribution in [3.63, 3.8) is 0 Å². The molecule has 1 aromatic carbocycles. The van der Waals surface area contributed by atoms with E-state index in [9.17, 15) is 22.8 Å². The van der Waals surface area contributed by atoms with Crippen molar-refractivity contribution in [2.24, 2.45) is 5.41 Å². The second-order valence-electron chi connectivity index (χ2n) is 14.1. The molecular formula is C31H48F3N3O4. The Kier molecular flexibility index (Phi) is 9.68. The van der Waals surface area contributed by atoms with Gasteiger partial charge in [-0.1, -0.05) is 6.07 Å². The van der Waals surface area contributed by atoms with Crippen molar-refractivity contribution in [3.8, 4) is 0 Å². The number of benzene rings is 1. The maximum absolute atomic E-state index is 13.6. The minimum atomic E-state index is -4.46. The molecule has 2 saturated heterocycles. The summed E-state index contributed by atoms with van der Waals surface area (Å²) in [6.45, 7) is 17.4. The largest absolute Gasteiger partial charge is 0.460 e. The van der Waals surface area contributed by atoms with E-state index in [2.05, 4.69) is 10.2 Å². The third-order valence-electron chi connectivity index (χ3n) is 7.90. The lowest BCUT2D eigenvalue weighted by atomic mass is 9.84. The molecule has 0 bridgehead atoms. The number of alkyl halides is 3. The Bertz CT molecular complexity index is 1080. The summed E-state index contributed by atoms with van der Waals surface area (Å²) in [5.41, 5.74) is -1.58. The summed E-state index contributed by atoms with van der Waals surface area (Å²) in [7, 11) is 0. The van der Waals surface area contributed by atoms with E-state index in [1.165, 1.54) is 6.07 Å². The first-order valence-corrected chi connectivity index (χ1v) is 14.6. The van der Waals surface area contributed by atoms with E-state index in [0.29, 0.717) is 38.3 Å². The molecule has 1 spiro atoms. The molecule has 2 fully saturated rings. The monoisotopic (exact) mass is 583 g/mol. The highest BCUT2D eigenvalue weighted by atomic mass is 19.4. The normalized spacial score (nSPS) is 18.5. The topological polar surface area (TPSA) is 71.1 Å². The van der Waals surface area contributed by atoms with E-state index in [1.807, 2.05) is 20.8 Å². The fourth-order valence-electron chi connectivity index (χ4n) is 5.53. The van der Waals surface area contributed by atoms with Gasteiger partial charge in [0, 0.05) is 37.4 Å². The highest BCUT2D eigenvalue weighted by Crippen LogP contribution is 2.41. The molecule has 3 rings (SSSR count). The van der Waals surface area contributed by atoms with E-state index in [4.69, 9.17) is 9.47 Å². The van der Waals surface area contributed by atoms with Gasteiger partial charge in [-0.2, -0.15) is 13.2 Å². The summed E-state index contributed by atoms with van der Waals surface area (Å²) in [6.07, 6.45) is -0.803. The second kappa shape index (κ2) is 12.0. The second-order valence-corrected chi connectivity index (χ2v) is 14.1. The predicted molar refractivity (Wildman–Crippen MR) is 154 cm³/mol. The van der Waals surface area contributed by atoms with E-state index in [0.717, 1.165) is 43.9 Å². The summed E-state index contributed by atoms with van der Waals surface area (Å²) in [5.74, 6) is -0.340. The van der Waals surface area contributed by atoms with Gasteiger partial charge in [0.2, 0.25) is 0 Å². The van der Waals surface area contributed by atoms with Crippen molar-refractivity contribution in [2.75, 3.05) is 31.5 Å². The first kappa shape index (κ1) is 33.0. The van der Waals surface area contributed by atoms with E-state index >= 15 is 0 Å². The van der Waals surface area contributed by atoms with Gasteiger partial charge in [-0.05, 0) is 112 Å². The van der Waals surface area contributed by atoms with Crippen molar-refractivity contribution in [2.45, 2.75) is 117 Å². The molecule has 2 aliphatic heterocycles. The standard InChI is InChI=1S/C31H48F3N3O4/c1-27(2,3)40-25(38)29(7,8)13-16-35-24-20-23(31(32,33)34)11-10-22(24)21-37-17-9-12-30(37)14-18-36(19-15-30)26(39)41-28(4,5)6/h10-11,20,35H,9,12-19,21H2,1-8H3. The van der Waals surface area contributed by atoms with E-state index in [1.54, 1.807) is 45.6 Å². The number of ether oxygens (including phenoxy) is 2. The molecule has 1 aromatic rings. The van der Waals surface area contributed by atoms with Gasteiger partial charge in [0.15, 0.2) is 0 Å². The van der Waals surface area contributed by atoms with Gasteiger partial charge >= 0.3 is 18.2 Å². The molecule has 7 nitrogen and oxygen atoms in total. The smallest absolute Gasteiger partial charge is 0.416 e. The summed E-state index contributed by atoms with van der Waals surface area (Å²) in [5, 5.41) is 3.20. The molecule has 1 N–H and O–H groups in total. The maximum atomic E-state index is 13.6. The van der Waals surface area contributed by atoms with Crippen LogP contribution in [0.25, 0.3) is 0 Å². The van der Waals surface area contributed by atoms with Crippen molar-refractivity contribution in [1.82, 2.24) is 9.80 Å². The van der Waals surface area contributed by atoms with Crippen LogP contribution in [0.1, 0.15) is 98.6 Å². The SMILES string of the molecule is CC(C)(C)OC(=O)N1CCC2(CCCN2Cc2ccc(C(F)(F)F)cc2NCCC(C)(C)C(=O)OC(C)(C)C)CC1. The molecule has 0 radical (unpaired) electrons. The molecule has 232 valence electrons. The number of rotatable bonds is 7. The Morgan fingerprint density at radius 2 is 1.51 bits per heavy atom. The molecule has 0 atom stereocenters. The van der Waals surface area contributed by atoms with Crippen LogP contribution >= 0.6 is 0 Å². The zero-order valence-corrected chi connectivity index (χ0v) is 26.0. The Morgan fingerprint density at radius 1 is 0.902 bits per heavy atom. The third-order valence-corrected chi connectivity index (χ3v) is 7.90. The Balaban J connectivity index is 1.73. The van der Waals surface area contributed by atoms with Crippen molar-refractivity contribution >= 4 is 17.7 Å². The minimum Gasteiger partial charge on any atom is -0.460 e. The highest BCUT2D eigenvalue weighted by molar-refractivity contribution is 5.76. The highest BCUT2D eigenvalue weighted by Gasteiger charge is 2.44. The number of halogens is 3. The van der Waals surface area contributed by atoms with Crippen LogP contribution in [-0.2, 0) is 27.0 Å². The Morgan fingerprint density at radius 3 is 2.07 bits per heavy atom. The average molecular weight is 584 g/mol. The number of likely N-dealkylation sites (tertiary alicyclic amines) is 2. The molecule has 10 heteroatoms. The molecule has 0 unspecified atom stereocenters. The van der Waals surface area contributed by atoms with Gasteiger partial charge in [-0.3, -0.25) is 9.69 Å². The number of anilines is 1. The molecule has 2 heterocycles. The van der Waals surface area contributed by atoms with Crippen LogP contribution in [0.3, 0.4) is 0 Å². The van der Waals surface area contributed by atoms with Crippen LogP contribution in [0, 0.1) is 5.41 Å². The number of amides is 1. The first-order valence-electron chi connectivity index (χ1n) is 14.6. The molecule has 2 aliphatic rings. The molecule has 0 saturated carbocycles. The predicted octanol–water partition coefficient (Wildman–Crippen LogP) is 7.24. The van der Waals surface area contributed by atoms with Crippen LogP contribution in [0.5, 0.6) is 0 Å². The van der Waals surface area contributed by atoms with Gasteiger partial charge < -0.3 is 19.7 Å². The molecular weight excluding hydrogens is 535 g/mol. The van der Waals surface area contributed by atoms with Crippen LogP contribution < -0.4 is 5.32 Å². The summed E-state index contributed by atoms with van der Waals surface area (Å²) < 4.78 is 52.0. The number of nitrogens with zero attached hydrogens (tertiary/aromatic N) is 2. The van der Waals surface area contributed by atoms with Crippen LogP contribution in [0.4, 0.5) is 23.7 Å². The molecule has 0 aromatic heterocycles. The molecule has 0 aliphatic carbocycles. The van der Waals surface area contributed by atoms with Gasteiger partial charge in [0.25, 0.3) is 0 Å². The lowest BCUT2D eigenvalue weighted by molar-refractivity contribution is -0.165. The number of nitrogens with one attached hydrogen (secondary N) is 1. The Hall–Kier alpha value is -2.49. The molecule has 1 amide bonds. The molecule has 41 heavy (non-hydrogen) atoms. The lowest BCUT2D eigenvalue weighted by Gasteiger charge is -2.45. The zero-order valence-electron chi connectivity index (χ0n) is 26.0. The number of piperidine rings is 1. The quantitative estimate of drug-likeness (QED) is 0.341. The fraction of sp³-hybridized carbons (Fsp3) is 0.742. The number of carbonyl (C=O) groups excluding carboxylic acids is 2.